The van der Waals surface area contributed by atoms with E-state index in [1.807, 2.05) is 24.9 Å². The number of rotatable bonds is 3. The smallest absolute Gasteiger partial charge is 0.0993 e. The van der Waals surface area contributed by atoms with Crippen LogP contribution in [-0.4, -0.2) is 22.0 Å². The predicted molar refractivity (Wildman–Crippen MR) is 43.2 cm³/mol. The summed E-state index contributed by atoms with van der Waals surface area (Å²) < 4.78 is 1.82. The van der Waals surface area contributed by atoms with Crippen molar-refractivity contribution in [2.45, 2.75) is 26.4 Å². The molecule has 4 nitrogen and oxygen atoms in total. The Morgan fingerprint density at radius 1 is 1.73 bits per heavy atom. The van der Waals surface area contributed by atoms with Crippen molar-refractivity contribution in [3.63, 3.8) is 0 Å². The van der Waals surface area contributed by atoms with Crippen molar-refractivity contribution in [3.05, 3.63) is 11.9 Å². The van der Waals surface area contributed by atoms with E-state index in [4.69, 9.17) is 0 Å². The third kappa shape index (κ3) is 1.77. The first-order valence-corrected chi connectivity index (χ1v) is 3.85. The highest BCUT2D eigenvalue weighted by atomic mass is 15.4. The largest absolute Gasteiger partial charge is 0.312 e. The normalized spacial score (nSPS) is 13.4. The number of nitrogens with one attached hydrogen (secondary N) is 1. The van der Waals surface area contributed by atoms with Crippen molar-refractivity contribution in [1.82, 2.24) is 20.3 Å². The molecule has 0 radical (unpaired) electrons. The Hall–Kier alpha value is -0.900. The second-order valence-electron chi connectivity index (χ2n) is 2.51. The first-order valence-electron chi connectivity index (χ1n) is 3.85. The van der Waals surface area contributed by atoms with Crippen LogP contribution in [0.4, 0.5) is 0 Å². The minimum Gasteiger partial charge on any atom is -0.312 e. The van der Waals surface area contributed by atoms with Crippen LogP contribution in [0.25, 0.3) is 0 Å². The molecule has 1 heterocycles. The molecule has 62 valence electrons. The first-order chi connectivity index (χ1) is 5.27. The Labute approximate surface area is 66.6 Å². The number of aromatic nitrogens is 3. The van der Waals surface area contributed by atoms with Gasteiger partial charge in [0.05, 0.1) is 11.9 Å². The van der Waals surface area contributed by atoms with Crippen LogP contribution in [0, 0.1) is 0 Å². The van der Waals surface area contributed by atoms with Gasteiger partial charge in [-0.05, 0) is 20.9 Å². The molecule has 0 saturated heterocycles. The van der Waals surface area contributed by atoms with Crippen LogP contribution in [0.5, 0.6) is 0 Å². The molecule has 0 aliphatic heterocycles. The second kappa shape index (κ2) is 3.48. The Kier molecular flexibility index (Phi) is 2.59. The van der Waals surface area contributed by atoms with Crippen LogP contribution in [0.1, 0.15) is 25.6 Å². The van der Waals surface area contributed by atoms with Crippen LogP contribution in [0.15, 0.2) is 6.20 Å². The van der Waals surface area contributed by atoms with Crippen molar-refractivity contribution in [2.75, 3.05) is 7.05 Å². The van der Waals surface area contributed by atoms with E-state index < -0.39 is 0 Å². The minimum absolute atomic E-state index is 0.287. The fourth-order valence-electron chi connectivity index (χ4n) is 0.814. The SMILES string of the molecule is CCn1cc(C(C)NC)nn1. The molecule has 0 saturated carbocycles. The second-order valence-corrected chi connectivity index (χ2v) is 2.51. The Balaban J connectivity index is 2.71. The molecule has 0 bridgehead atoms. The van der Waals surface area contributed by atoms with Crippen LogP contribution in [0.2, 0.25) is 0 Å². The Morgan fingerprint density at radius 3 is 2.91 bits per heavy atom. The molecular weight excluding hydrogens is 140 g/mol. The van der Waals surface area contributed by atoms with E-state index in [0.717, 1.165) is 12.2 Å². The fourth-order valence-corrected chi connectivity index (χ4v) is 0.814. The number of hydrogen-bond acceptors (Lipinski definition) is 3. The van der Waals surface area contributed by atoms with Gasteiger partial charge in [0.15, 0.2) is 0 Å². The molecular formula is C7H14N4. The molecule has 1 atom stereocenters. The lowest BCUT2D eigenvalue weighted by Crippen LogP contribution is -2.12. The molecule has 11 heavy (non-hydrogen) atoms. The first kappa shape index (κ1) is 8.20. The quantitative estimate of drug-likeness (QED) is 0.692. The lowest BCUT2D eigenvalue weighted by atomic mass is 10.3. The van der Waals surface area contributed by atoms with Crippen molar-refractivity contribution in [1.29, 1.82) is 0 Å². The molecule has 1 N–H and O–H groups in total. The van der Waals surface area contributed by atoms with Gasteiger partial charge in [-0.1, -0.05) is 5.21 Å². The molecule has 0 aliphatic carbocycles. The van der Waals surface area contributed by atoms with Gasteiger partial charge in [-0.3, -0.25) is 4.68 Å². The van der Waals surface area contributed by atoms with E-state index in [1.165, 1.54) is 0 Å². The lowest BCUT2D eigenvalue weighted by molar-refractivity contribution is 0.619. The van der Waals surface area contributed by atoms with Crippen LogP contribution in [-0.2, 0) is 6.54 Å². The number of hydrogen-bond donors (Lipinski definition) is 1. The van der Waals surface area contributed by atoms with Gasteiger partial charge in [0.2, 0.25) is 0 Å². The summed E-state index contributed by atoms with van der Waals surface area (Å²) >= 11 is 0. The zero-order chi connectivity index (χ0) is 8.27. The summed E-state index contributed by atoms with van der Waals surface area (Å²) in [5.74, 6) is 0. The summed E-state index contributed by atoms with van der Waals surface area (Å²) in [4.78, 5) is 0. The average Bonchev–Trinajstić information content (AvgIpc) is 2.50. The van der Waals surface area contributed by atoms with Crippen LogP contribution >= 0.6 is 0 Å². The van der Waals surface area contributed by atoms with Crippen molar-refractivity contribution < 1.29 is 0 Å². The minimum atomic E-state index is 0.287. The summed E-state index contributed by atoms with van der Waals surface area (Å²) in [6.45, 7) is 4.98. The molecule has 0 fully saturated rings. The van der Waals surface area contributed by atoms with Gasteiger partial charge in [-0.25, -0.2) is 0 Å². The van der Waals surface area contributed by atoms with Crippen LogP contribution in [0.3, 0.4) is 0 Å². The molecule has 0 amide bonds. The number of aryl methyl sites for hydroxylation is 1. The Morgan fingerprint density at radius 2 is 2.45 bits per heavy atom. The van der Waals surface area contributed by atoms with E-state index in [-0.39, 0.29) is 6.04 Å². The molecule has 0 aromatic carbocycles. The van der Waals surface area contributed by atoms with Crippen molar-refractivity contribution in [3.8, 4) is 0 Å². The average molecular weight is 154 g/mol. The zero-order valence-electron chi connectivity index (χ0n) is 7.20. The maximum atomic E-state index is 4.01. The topological polar surface area (TPSA) is 42.7 Å². The summed E-state index contributed by atoms with van der Waals surface area (Å²) in [5.41, 5.74) is 0.995. The molecule has 1 rings (SSSR count). The van der Waals surface area contributed by atoms with Gasteiger partial charge >= 0.3 is 0 Å². The van der Waals surface area contributed by atoms with Crippen molar-refractivity contribution in [2.24, 2.45) is 0 Å². The third-order valence-electron chi connectivity index (χ3n) is 1.76. The van der Waals surface area contributed by atoms with Crippen LogP contribution < -0.4 is 5.32 Å². The maximum absolute atomic E-state index is 4.01. The van der Waals surface area contributed by atoms with Gasteiger partial charge < -0.3 is 5.32 Å². The summed E-state index contributed by atoms with van der Waals surface area (Å²) in [6, 6.07) is 0.287. The Bertz CT molecular complexity index is 218. The summed E-state index contributed by atoms with van der Waals surface area (Å²) in [5, 5.41) is 11.0. The fraction of sp³-hybridized carbons (Fsp3) is 0.714. The number of nitrogens with zero attached hydrogens (tertiary/aromatic N) is 3. The molecule has 1 unspecified atom stereocenters. The predicted octanol–water partition coefficient (Wildman–Crippen LogP) is 0.578. The van der Waals surface area contributed by atoms with E-state index in [0.29, 0.717) is 0 Å². The summed E-state index contributed by atoms with van der Waals surface area (Å²) in [6.07, 6.45) is 1.96. The van der Waals surface area contributed by atoms with E-state index >= 15 is 0 Å². The highest BCUT2D eigenvalue weighted by Gasteiger charge is 2.05. The van der Waals surface area contributed by atoms with Gasteiger partial charge in [0.1, 0.15) is 0 Å². The highest BCUT2D eigenvalue weighted by molar-refractivity contribution is 4.98. The third-order valence-corrected chi connectivity index (χ3v) is 1.76. The molecule has 4 heteroatoms. The van der Waals surface area contributed by atoms with Gasteiger partial charge in [0, 0.05) is 12.6 Å². The molecule has 1 aromatic heterocycles. The van der Waals surface area contributed by atoms with E-state index in [2.05, 4.69) is 22.6 Å². The van der Waals surface area contributed by atoms with Crippen molar-refractivity contribution >= 4 is 0 Å². The maximum Gasteiger partial charge on any atom is 0.0993 e. The highest BCUT2D eigenvalue weighted by Crippen LogP contribution is 2.05. The van der Waals surface area contributed by atoms with Gasteiger partial charge in [0.25, 0.3) is 0 Å². The molecule has 0 aliphatic rings. The summed E-state index contributed by atoms with van der Waals surface area (Å²) in [7, 11) is 1.91. The molecule has 1 aromatic rings. The molecule has 0 spiro atoms. The lowest BCUT2D eigenvalue weighted by Gasteiger charge is -2.03. The van der Waals surface area contributed by atoms with Gasteiger partial charge in [-0.15, -0.1) is 5.10 Å². The zero-order valence-corrected chi connectivity index (χ0v) is 7.20. The van der Waals surface area contributed by atoms with E-state index in [1.54, 1.807) is 0 Å². The van der Waals surface area contributed by atoms with Gasteiger partial charge in [-0.2, -0.15) is 0 Å². The standard InChI is InChI=1S/C7H14N4/c1-4-11-5-7(9-10-11)6(2)8-3/h5-6,8H,4H2,1-3H3. The van der Waals surface area contributed by atoms with E-state index in [9.17, 15) is 0 Å². The monoisotopic (exact) mass is 154 g/mol.